The molecule has 1 aliphatic rings. The Morgan fingerprint density at radius 1 is 1.22 bits per heavy atom. The Kier molecular flexibility index (Phi) is 5.47. The van der Waals surface area contributed by atoms with Crippen LogP contribution in [0.15, 0.2) is 24.4 Å². The van der Waals surface area contributed by atoms with Crippen LogP contribution in [0.3, 0.4) is 0 Å². The van der Waals surface area contributed by atoms with Crippen molar-refractivity contribution in [2.45, 2.75) is 45.8 Å². The van der Waals surface area contributed by atoms with E-state index in [-0.39, 0.29) is 0 Å². The first-order valence-corrected chi connectivity index (χ1v) is 8.68. The van der Waals surface area contributed by atoms with Crippen LogP contribution < -0.4 is 0 Å². The molecule has 1 aromatic heterocycles. The maximum atomic E-state index is 10.6. The molecule has 1 saturated heterocycles. The Morgan fingerprint density at radius 3 is 2.83 bits per heavy atom. The second-order valence-electron chi connectivity index (χ2n) is 6.33. The Morgan fingerprint density at radius 2 is 2.04 bits per heavy atom. The summed E-state index contributed by atoms with van der Waals surface area (Å²) in [5.74, 6) is 0.324. The molecule has 0 saturated carbocycles. The third-order valence-corrected chi connectivity index (χ3v) is 4.48. The molecule has 3 rings (SSSR count). The van der Waals surface area contributed by atoms with Crippen LogP contribution in [-0.2, 0) is 17.9 Å². The molecule has 0 radical (unpaired) electrons. The second kappa shape index (κ2) is 7.75. The zero-order valence-electron chi connectivity index (χ0n) is 13.9. The molecule has 1 N–H and O–H groups in total. The summed E-state index contributed by atoms with van der Waals surface area (Å²) < 4.78 is 5.74. The number of rotatable bonds is 6. The number of phenols is 1. The van der Waals surface area contributed by atoms with Gasteiger partial charge in [-0.2, -0.15) is 0 Å². The summed E-state index contributed by atoms with van der Waals surface area (Å²) in [5, 5.41) is 11.6. The smallest absolute Gasteiger partial charge is 0.146 e. The first-order chi connectivity index (χ1) is 11.3. The Hall–Kier alpha value is -1.65. The van der Waals surface area contributed by atoms with Gasteiger partial charge in [0.25, 0.3) is 0 Å². The minimum Gasteiger partial charge on any atom is -0.505 e. The molecule has 0 atom stereocenters. The van der Waals surface area contributed by atoms with E-state index < -0.39 is 0 Å². The number of piperidine rings is 1. The van der Waals surface area contributed by atoms with Gasteiger partial charge in [-0.25, -0.2) is 0 Å². The summed E-state index contributed by atoms with van der Waals surface area (Å²) >= 11 is 0. The molecule has 0 spiro atoms. The molecule has 4 heteroatoms. The lowest BCUT2D eigenvalue weighted by Gasteiger charge is -2.27. The summed E-state index contributed by atoms with van der Waals surface area (Å²) in [6, 6.07) is 6.02. The average Bonchev–Trinajstić information content (AvgIpc) is 2.60. The van der Waals surface area contributed by atoms with Crippen LogP contribution in [0, 0.1) is 0 Å². The number of fused-ring (bicyclic) bond motifs is 1. The van der Waals surface area contributed by atoms with Crippen molar-refractivity contribution in [2.75, 3.05) is 19.7 Å². The van der Waals surface area contributed by atoms with Crippen LogP contribution in [-0.4, -0.2) is 34.7 Å². The van der Waals surface area contributed by atoms with Gasteiger partial charge in [0.1, 0.15) is 11.3 Å². The molecular weight excluding hydrogens is 288 g/mol. The van der Waals surface area contributed by atoms with Crippen molar-refractivity contribution in [3.8, 4) is 5.75 Å². The Bertz CT molecular complexity index is 651. The van der Waals surface area contributed by atoms with Gasteiger partial charge in [-0.15, -0.1) is 0 Å². The van der Waals surface area contributed by atoms with Crippen molar-refractivity contribution in [2.24, 2.45) is 0 Å². The van der Waals surface area contributed by atoms with E-state index in [0.717, 1.165) is 49.2 Å². The molecule has 4 nitrogen and oxygen atoms in total. The van der Waals surface area contributed by atoms with E-state index in [9.17, 15) is 5.11 Å². The van der Waals surface area contributed by atoms with Crippen LogP contribution in [0.4, 0.5) is 0 Å². The van der Waals surface area contributed by atoms with Crippen molar-refractivity contribution in [3.63, 3.8) is 0 Å². The topological polar surface area (TPSA) is 45.6 Å². The number of aromatic hydroxyl groups is 1. The lowest BCUT2D eigenvalue weighted by molar-refractivity contribution is 0.122. The first kappa shape index (κ1) is 16.2. The normalized spacial score (nSPS) is 16.0. The van der Waals surface area contributed by atoms with Gasteiger partial charge in [0.15, 0.2) is 0 Å². The first-order valence-electron chi connectivity index (χ1n) is 8.68. The maximum Gasteiger partial charge on any atom is 0.146 e. The van der Waals surface area contributed by atoms with Gasteiger partial charge in [-0.05, 0) is 50.0 Å². The van der Waals surface area contributed by atoms with Gasteiger partial charge in [0.05, 0.1) is 6.61 Å². The van der Waals surface area contributed by atoms with Crippen molar-refractivity contribution >= 4 is 10.9 Å². The van der Waals surface area contributed by atoms with E-state index in [1.165, 1.54) is 19.3 Å². The minimum atomic E-state index is 0.324. The van der Waals surface area contributed by atoms with E-state index >= 15 is 0 Å². The van der Waals surface area contributed by atoms with Crippen molar-refractivity contribution in [1.29, 1.82) is 0 Å². The van der Waals surface area contributed by atoms with Crippen LogP contribution >= 0.6 is 0 Å². The molecule has 2 aromatic rings. The maximum absolute atomic E-state index is 10.6. The van der Waals surface area contributed by atoms with Crippen LogP contribution in [0.1, 0.15) is 43.7 Å². The fourth-order valence-electron chi connectivity index (χ4n) is 3.29. The molecule has 1 aromatic carbocycles. The number of ether oxygens (including phenoxy) is 1. The highest BCUT2D eigenvalue weighted by Crippen LogP contribution is 2.32. The molecule has 0 unspecified atom stereocenters. The number of likely N-dealkylation sites (tertiary alicyclic amines) is 1. The average molecular weight is 314 g/mol. The van der Waals surface area contributed by atoms with Crippen LogP contribution in [0.5, 0.6) is 5.75 Å². The van der Waals surface area contributed by atoms with E-state index in [1.807, 2.05) is 12.1 Å². The summed E-state index contributed by atoms with van der Waals surface area (Å²) in [6.07, 6.45) is 6.56. The molecule has 124 valence electrons. The Balaban J connectivity index is 1.91. The quantitative estimate of drug-likeness (QED) is 0.823. The number of hydrogen-bond donors (Lipinski definition) is 1. The summed E-state index contributed by atoms with van der Waals surface area (Å²) in [7, 11) is 0. The van der Waals surface area contributed by atoms with Gasteiger partial charge >= 0.3 is 0 Å². The molecule has 1 aliphatic heterocycles. The van der Waals surface area contributed by atoms with Gasteiger partial charge in [0, 0.05) is 30.3 Å². The molecule has 1 fully saturated rings. The van der Waals surface area contributed by atoms with Crippen LogP contribution in [0.25, 0.3) is 10.9 Å². The van der Waals surface area contributed by atoms with E-state index in [1.54, 1.807) is 6.20 Å². The monoisotopic (exact) mass is 314 g/mol. The highest BCUT2D eigenvalue weighted by molar-refractivity contribution is 5.88. The van der Waals surface area contributed by atoms with E-state index in [2.05, 4.69) is 22.9 Å². The highest BCUT2D eigenvalue weighted by Gasteiger charge is 2.16. The second-order valence-corrected chi connectivity index (χ2v) is 6.33. The number of nitrogens with zero attached hydrogens (tertiary/aromatic N) is 2. The molecule has 0 aliphatic carbocycles. The SMILES string of the molecule is CCCOCc1cc(CN2CCCCC2)c(O)c2ncccc12. The largest absolute Gasteiger partial charge is 0.505 e. The van der Waals surface area contributed by atoms with Crippen LogP contribution in [0.2, 0.25) is 0 Å². The van der Waals surface area contributed by atoms with Gasteiger partial charge < -0.3 is 9.84 Å². The highest BCUT2D eigenvalue weighted by atomic mass is 16.5. The summed E-state index contributed by atoms with van der Waals surface area (Å²) in [5.41, 5.74) is 2.77. The molecule has 23 heavy (non-hydrogen) atoms. The lowest BCUT2D eigenvalue weighted by atomic mass is 10.0. The van der Waals surface area contributed by atoms with Crippen molar-refractivity contribution < 1.29 is 9.84 Å². The lowest BCUT2D eigenvalue weighted by Crippen LogP contribution is -2.29. The molecular formula is C19H26N2O2. The third-order valence-electron chi connectivity index (χ3n) is 4.48. The summed E-state index contributed by atoms with van der Waals surface area (Å²) in [6.45, 7) is 6.45. The zero-order valence-corrected chi connectivity index (χ0v) is 13.9. The fraction of sp³-hybridized carbons (Fsp3) is 0.526. The number of aromatic nitrogens is 1. The molecule has 2 heterocycles. The van der Waals surface area contributed by atoms with E-state index in [4.69, 9.17) is 4.74 Å². The minimum absolute atomic E-state index is 0.324. The van der Waals surface area contributed by atoms with E-state index in [0.29, 0.717) is 17.9 Å². The molecule has 0 amide bonds. The number of hydrogen-bond acceptors (Lipinski definition) is 4. The zero-order chi connectivity index (χ0) is 16.1. The number of phenolic OH excluding ortho intramolecular Hbond substituents is 1. The predicted molar refractivity (Wildman–Crippen MR) is 92.5 cm³/mol. The predicted octanol–water partition coefficient (Wildman–Crippen LogP) is 3.85. The van der Waals surface area contributed by atoms with Gasteiger partial charge in [-0.1, -0.05) is 19.4 Å². The number of pyridine rings is 1. The summed E-state index contributed by atoms with van der Waals surface area (Å²) in [4.78, 5) is 6.82. The Labute approximate surface area is 138 Å². The van der Waals surface area contributed by atoms with Gasteiger partial charge in [0.2, 0.25) is 0 Å². The molecule has 0 bridgehead atoms. The number of benzene rings is 1. The van der Waals surface area contributed by atoms with Crippen molar-refractivity contribution in [3.05, 3.63) is 35.5 Å². The standard InChI is InChI=1S/C19H26N2O2/c1-2-11-23-14-16-12-15(13-21-9-4-3-5-10-21)19(22)18-17(16)7-6-8-20-18/h6-8,12,22H,2-5,9-11,13-14H2,1H3. The third kappa shape index (κ3) is 3.82. The fourth-order valence-corrected chi connectivity index (χ4v) is 3.29. The van der Waals surface area contributed by atoms with Gasteiger partial charge in [-0.3, -0.25) is 9.88 Å². The van der Waals surface area contributed by atoms with Crippen molar-refractivity contribution in [1.82, 2.24) is 9.88 Å².